The van der Waals surface area contributed by atoms with Crippen molar-refractivity contribution in [1.29, 1.82) is 0 Å². The van der Waals surface area contributed by atoms with Crippen LogP contribution in [0.1, 0.15) is 10.4 Å². The lowest BCUT2D eigenvalue weighted by Crippen LogP contribution is -2.47. The highest BCUT2D eigenvalue weighted by atomic mass is 16.3. The van der Waals surface area contributed by atoms with Crippen LogP contribution < -0.4 is 0 Å². The maximum Gasteiger partial charge on any atom is 0.253 e. The number of nitrogens with zero attached hydrogens (tertiary/aromatic N) is 3. The van der Waals surface area contributed by atoms with E-state index in [9.17, 15) is 9.90 Å². The Morgan fingerprint density at radius 1 is 0.962 bits per heavy atom. The van der Waals surface area contributed by atoms with Gasteiger partial charge in [0.05, 0.1) is 11.2 Å². The van der Waals surface area contributed by atoms with Crippen molar-refractivity contribution in [2.24, 2.45) is 0 Å². The first kappa shape index (κ1) is 16.5. The monoisotopic (exact) mass is 347 g/mol. The fraction of sp³-hybridized carbons (Fsp3) is 0.238. The lowest BCUT2D eigenvalue weighted by atomic mass is 10.1. The molecule has 1 aliphatic rings. The number of aromatic nitrogens is 1. The van der Waals surface area contributed by atoms with E-state index >= 15 is 0 Å². The minimum absolute atomic E-state index is 0.0894. The highest BCUT2D eigenvalue weighted by Crippen LogP contribution is 2.24. The number of amides is 1. The quantitative estimate of drug-likeness (QED) is 0.774. The Labute approximate surface area is 152 Å². The predicted octanol–water partition coefficient (Wildman–Crippen LogP) is 3.00. The molecule has 0 bridgehead atoms. The lowest BCUT2D eigenvalue weighted by molar-refractivity contribution is 0.0664. The van der Waals surface area contributed by atoms with Crippen LogP contribution in [0.15, 0.2) is 54.6 Å². The molecule has 0 unspecified atom stereocenters. The van der Waals surface area contributed by atoms with E-state index in [1.165, 1.54) is 0 Å². The maximum absolute atomic E-state index is 12.6. The van der Waals surface area contributed by atoms with Gasteiger partial charge in [0, 0.05) is 42.7 Å². The van der Waals surface area contributed by atoms with Gasteiger partial charge in [-0.1, -0.05) is 18.2 Å². The smallest absolute Gasteiger partial charge is 0.253 e. The topological polar surface area (TPSA) is 56.7 Å². The third-order valence-corrected chi connectivity index (χ3v) is 4.89. The number of carbonyl (C=O) groups is 1. The van der Waals surface area contributed by atoms with E-state index < -0.39 is 0 Å². The van der Waals surface area contributed by atoms with E-state index in [0.29, 0.717) is 5.56 Å². The number of phenolic OH excluding ortho intramolecular Hbond substituents is 1. The molecule has 1 fully saturated rings. The number of piperazine rings is 1. The summed E-state index contributed by atoms with van der Waals surface area (Å²) in [5, 5.41) is 10.5. The number of benzene rings is 2. The molecule has 1 amide bonds. The average Bonchev–Trinajstić information content (AvgIpc) is 2.68. The van der Waals surface area contributed by atoms with E-state index in [0.717, 1.165) is 48.3 Å². The summed E-state index contributed by atoms with van der Waals surface area (Å²) in [6.07, 6.45) is 0. The van der Waals surface area contributed by atoms with Crippen LogP contribution in [0.3, 0.4) is 0 Å². The molecule has 5 nitrogen and oxygen atoms in total. The Morgan fingerprint density at radius 3 is 2.42 bits per heavy atom. The molecule has 2 aromatic carbocycles. The molecule has 0 aliphatic carbocycles. The Bertz CT molecular complexity index is 945. The SMILES string of the molecule is CN1CCN(C(=O)c2ccc(-c3ccc4cc(O)ccc4n3)cc2)CC1. The summed E-state index contributed by atoms with van der Waals surface area (Å²) in [5.74, 6) is 0.324. The van der Waals surface area contributed by atoms with Crippen LogP contribution >= 0.6 is 0 Å². The molecule has 5 heteroatoms. The molecule has 0 saturated carbocycles. The van der Waals surface area contributed by atoms with Gasteiger partial charge in [-0.2, -0.15) is 0 Å². The highest BCUT2D eigenvalue weighted by Gasteiger charge is 2.20. The largest absolute Gasteiger partial charge is 0.508 e. The molecule has 4 rings (SSSR count). The zero-order valence-electron chi connectivity index (χ0n) is 14.7. The first-order chi connectivity index (χ1) is 12.6. The number of hydrogen-bond donors (Lipinski definition) is 1. The van der Waals surface area contributed by atoms with Crippen molar-refractivity contribution in [3.63, 3.8) is 0 Å². The highest BCUT2D eigenvalue weighted by molar-refractivity contribution is 5.95. The number of rotatable bonds is 2. The summed E-state index contributed by atoms with van der Waals surface area (Å²) in [6, 6.07) is 16.6. The van der Waals surface area contributed by atoms with Crippen LogP contribution in [0.25, 0.3) is 22.2 Å². The summed E-state index contributed by atoms with van der Waals surface area (Å²) in [4.78, 5) is 21.4. The van der Waals surface area contributed by atoms with Gasteiger partial charge in [-0.15, -0.1) is 0 Å². The molecule has 132 valence electrons. The van der Waals surface area contributed by atoms with Gasteiger partial charge in [0.15, 0.2) is 0 Å². The fourth-order valence-corrected chi connectivity index (χ4v) is 3.25. The van der Waals surface area contributed by atoms with Gasteiger partial charge in [-0.25, -0.2) is 4.98 Å². The second-order valence-electron chi connectivity index (χ2n) is 6.75. The van der Waals surface area contributed by atoms with Gasteiger partial charge < -0.3 is 14.9 Å². The summed E-state index contributed by atoms with van der Waals surface area (Å²) in [5.41, 5.74) is 3.36. The summed E-state index contributed by atoms with van der Waals surface area (Å²) < 4.78 is 0. The second kappa shape index (κ2) is 6.77. The predicted molar refractivity (Wildman–Crippen MR) is 102 cm³/mol. The minimum atomic E-state index is 0.0894. The van der Waals surface area contributed by atoms with Gasteiger partial charge >= 0.3 is 0 Å². The van der Waals surface area contributed by atoms with Crippen molar-refractivity contribution in [3.8, 4) is 17.0 Å². The number of carbonyl (C=O) groups excluding carboxylic acids is 1. The molecular formula is C21H21N3O2. The first-order valence-electron chi connectivity index (χ1n) is 8.78. The number of phenols is 1. The van der Waals surface area contributed by atoms with Crippen LogP contribution in [0.4, 0.5) is 0 Å². The summed E-state index contributed by atoms with van der Waals surface area (Å²) >= 11 is 0. The summed E-state index contributed by atoms with van der Waals surface area (Å²) in [7, 11) is 2.08. The van der Waals surface area contributed by atoms with E-state index in [-0.39, 0.29) is 11.7 Å². The molecular weight excluding hydrogens is 326 g/mol. The van der Waals surface area contributed by atoms with E-state index in [4.69, 9.17) is 0 Å². The molecule has 1 aromatic heterocycles. The van der Waals surface area contributed by atoms with Crippen molar-refractivity contribution in [2.45, 2.75) is 0 Å². The molecule has 0 spiro atoms. The zero-order chi connectivity index (χ0) is 18.1. The minimum Gasteiger partial charge on any atom is -0.508 e. The number of aromatic hydroxyl groups is 1. The maximum atomic E-state index is 12.6. The Hall–Kier alpha value is -2.92. The van der Waals surface area contributed by atoms with Crippen LogP contribution in [0, 0.1) is 0 Å². The number of pyridine rings is 1. The van der Waals surface area contributed by atoms with Crippen molar-refractivity contribution in [3.05, 3.63) is 60.2 Å². The van der Waals surface area contributed by atoms with Gasteiger partial charge in [0.2, 0.25) is 0 Å². The molecule has 0 atom stereocenters. The van der Waals surface area contributed by atoms with Gasteiger partial charge in [0.25, 0.3) is 5.91 Å². The third kappa shape index (κ3) is 3.26. The number of hydrogen-bond acceptors (Lipinski definition) is 4. The van der Waals surface area contributed by atoms with Crippen molar-refractivity contribution >= 4 is 16.8 Å². The average molecular weight is 347 g/mol. The van der Waals surface area contributed by atoms with E-state index in [1.807, 2.05) is 41.3 Å². The van der Waals surface area contributed by atoms with Crippen molar-refractivity contribution < 1.29 is 9.90 Å². The van der Waals surface area contributed by atoms with Crippen LogP contribution in [-0.2, 0) is 0 Å². The second-order valence-corrected chi connectivity index (χ2v) is 6.75. The number of likely N-dealkylation sites (N-methyl/N-ethyl adjacent to an activating group) is 1. The molecule has 0 radical (unpaired) electrons. The molecule has 3 aromatic rings. The van der Waals surface area contributed by atoms with Crippen LogP contribution in [0.2, 0.25) is 0 Å². The molecule has 1 aliphatic heterocycles. The van der Waals surface area contributed by atoms with E-state index in [2.05, 4.69) is 16.9 Å². The normalized spacial score (nSPS) is 15.3. The van der Waals surface area contributed by atoms with Gasteiger partial charge in [0.1, 0.15) is 5.75 Å². The molecule has 2 heterocycles. The van der Waals surface area contributed by atoms with Gasteiger partial charge in [-0.3, -0.25) is 4.79 Å². The lowest BCUT2D eigenvalue weighted by Gasteiger charge is -2.32. The Balaban J connectivity index is 1.56. The van der Waals surface area contributed by atoms with Gasteiger partial charge in [-0.05, 0) is 43.4 Å². The zero-order valence-corrected chi connectivity index (χ0v) is 14.7. The third-order valence-electron chi connectivity index (χ3n) is 4.89. The Kier molecular flexibility index (Phi) is 4.31. The number of fused-ring (bicyclic) bond motifs is 1. The van der Waals surface area contributed by atoms with E-state index in [1.54, 1.807) is 18.2 Å². The molecule has 26 heavy (non-hydrogen) atoms. The molecule has 1 saturated heterocycles. The fourth-order valence-electron chi connectivity index (χ4n) is 3.25. The summed E-state index contributed by atoms with van der Waals surface area (Å²) in [6.45, 7) is 3.38. The van der Waals surface area contributed by atoms with Crippen LogP contribution in [-0.4, -0.2) is 59.0 Å². The van der Waals surface area contributed by atoms with Crippen molar-refractivity contribution in [2.75, 3.05) is 33.2 Å². The van der Waals surface area contributed by atoms with Crippen molar-refractivity contribution in [1.82, 2.24) is 14.8 Å². The molecule has 1 N–H and O–H groups in total. The standard InChI is InChI=1S/C21H21N3O2/c1-23-10-12-24(13-11-23)21(26)16-4-2-15(3-5-16)19-8-6-17-14-18(25)7-9-20(17)22-19/h2-9,14,25H,10-13H2,1H3. The first-order valence-corrected chi connectivity index (χ1v) is 8.78. The Morgan fingerprint density at radius 2 is 1.69 bits per heavy atom. The van der Waals surface area contributed by atoms with Crippen LogP contribution in [0.5, 0.6) is 5.75 Å².